The van der Waals surface area contributed by atoms with Gasteiger partial charge in [-0.1, -0.05) is 12.1 Å². The molecule has 0 fully saturated rings. The maximum atomic E-state index is 12.1. The fraction of sp³-hybridized carbons (Fsp3) is 0.176. The first-order valence-corrected chi connectivity index (χ1v) is 7.83. The maximum absolute atomic E-state index is 12.1. The summed E-state index contributed by atoms with van der Waals surface area (Å²) in [6, 6.07) is 12.5. The van der Waals surface area contributed by atoms with E-state index in [-0.39, 0.29) is 5.91 Å². The number of methoxy groups -OCH3 is 1. The summed E-state index contributed by atoms with van der Waals surface area (Å²) in [5.74, 6) is 1.08. The van der Waals surface area contributed by atoms with Crippen molar-refractivity contribution < 1.29 is 14.3 Å². The Hall–Kier alpha value is -2.34. The molecule has 0 unspecified atom stereocenters. The molecule has 1 N–H and O–H groups in total. The van der Waals surface area contributed by atoms with E-state index in [1.165, 1.54) is 0 Å². The Morgan fingerprint density at radius 1 is 1.26 bits per heavy atom. The molecule has 0 radical (unpaired) electrons. The molecule has 0 heterocycles. The highest BCUT2D eigenvalue weighted by molar-refractivity contribution is 9.10. The van der Waals surface area contributed by atoms with Gasteiger partial charge in [0.05, 0.1) is 24.4 Å². The van der Waals surface area contributed by atoms with Crippen LogP contribution in [-0.4, -0.2) is 25.8 Å². The van der Waals surface area contributed by atoms with Crippen LogP contribution in [-0.2, 0) is 0 Å². The van der Waals surface area contributed by atoms with Crippen LogP contribution >= 0.6 is 15.9 Å². The zero-order valence-corrected chi connectivity index (χ0v) is 14.5. The number of carbonyl (C=O) groups excluding carboxylic acids is 1. The smallest absolute Gasteiger partial charge is 0.271 e. The number of carbonyl (C=O) groups is 1. The predicted molar refractivity (Wildman–Crippen MR) is 93.4 cm³/mol. The minimum absolute atomic E-state index is 0.307. The van der Waals surface area contributed by atoms with E-state index < -0.39 is 0 Å². The molecule has 0 spiro atoms. The molecule has 1 amide bonds. The highest BCUT2D eigenvalue weighted by Gasteiger charge is 2.08. The summed E-state index contributed by atoms with van der Waals surface area (Å²) in [5.41, 5.74) is 3.77. The van der Waals surface area contributed by atoms with Crippen LogP contribution < -0.4 is 14.9 Å². The predicted octanol–water partition coefficient (Wildman–Crippen LogP) is 3.62. The fourth-order valence-electron chi connectivity index (χ4n) is 1.91. The normalized spacial score (nSPS) is 10.6. The quantitative estimate of drug-likeness (QED) is 0.618. The molecule has 0 aromatic heterocycles. The first kappa shape index (κ1) is 17.0. The molecule has 0 aliphatic heterocycles. The van der Waals surface area contributed by atoms with Crippen LogP contribution in [0.3, 0.4) is 0 Å². The van der Waals surface area contributed by atoms with E-state index in [0.29, 0.717) is 22.4 Å². The first-order chi connectivity index (χ1) is 11.2. The average molecular weight is 377 g/mol. The maximum Gasteiger partial charge on any atom is 0.271 e. The van der Waals surface area contributed by atoms with Crippen LogP contribution in [0.2, 0.25) is 0 Å². The summed E-state index contributed by atoms with van der Waals surface area (Å²) in [6.07, 6.45) is 1.56. The molecular weight excluding hydrogens is 360 g/mol. The van der Waals surface area contributed by atoms with Crippen molar-refractivity contribution in [1.82, 2.24) is 5.43 Å². The van der Waals surface area contributed by atoms with Gasteiger partial charge in [-0.25, -0.2) is 5.43 Å². The molecule has 0 aliphatic carbocycles. The number of para-hydroxylation sites is 1. The van der Waals surface area contributed by atoms with Gasteiger partial charge in [-0.05, 0) is 53.2 Å². The minimum atomic E-state index is -0.307. The fourth-order valence-corrected chi connectivity index (χ4v) is 2.45. The number of rotatable bonds is 6. The number of benzene rings is 2. The van der Waals surface area contributed by atoms with Crippen molar-refractivity contribution in [3.05, 3.63) is 58.1 Å². The molecule has 23 heavy (non-hydrogen) atoms. The number of nitrogens with one attached hydrogen (secondary N) is 1. The molecule has 2 rings (SSSR count). The van der Waals surface area contributed by atoms with Gasteiger partial charge in [-0.15, -0.1) is 0 Å². The highest BCUT2D eigenvalue weighted by Crippen LogP contribution is 2.25. The van der Waals surface area contributed by atoms with E-state index >= 15 is 0 Å². The Balaban J connectivity index is 2.05. The Labute approximate surface area is 143 Å². The first-order valence-electron chi connectivity index (χ1n) is 7.04. The molecule has 0 aliphatic rings. The van der Waals surface area contributed by atoms with Gasteiger partial charge in [0.25, 0.3) is 5.91 Å². The number of ether oxygens (including phenoxy) is 2. The summed E-state index contributed by atoms with van der Waals surface area (Å²) in [5, 5.41) is 3.98. The molecule has 5 nitrogen and oxygen atoms in total. The number of hydrazone groups is 1. The average Bonchev–Trinajstić information content (AvgIpc) is 2.56. The van der Waals surface area contributed by atoms with Gasteiger partial charge >= 0.3 is 0 Å². The second-order valence-corrected chi connectivity index (χ2v) is 5.37. The SMILES string of the molecule is CCOc1ccccc1C=NNC(=O)c1ccc(OC)c(Br)c1. The third kappa shape index (κ3) is 4.56. The van der Waals surface area contributed by atoms with Crippen LogP contribution in [0.4, 0.5) is 0 Å². The second-order valence-electron chi connectivity index (χ2n) is 4.52. The van der Waals surface area contributed by atoms with Crippen LogP contribution in [0.15, 0.2) is 52.0 Å². The molecule has 2 aromatic rings. The Kier molecular flexibility index (Phi) is 6.17. The summed E-state index contributed by atoms with van der Waals surface area (Å²) >= 11 is 3.35. The van der Waals surface area contributed by atoms with E-state index in [0.717, 1.165) is 11.3 Å². The van der Waals surface area contributed by atoms with Gasteiger partial charge in [0.1, 0.15) is 11.5 Å². The Morgan fingerprint density at radius 2 is 2.04 bits per heavy atom. The van der Waals surface area contributed by atoms with E-state index in [4.69, 9.17) is 9.47 Å². The largest absolute Gasteiger partial charge is 0.496 e. The molecule has 2 aromatic carbocycles. The van der Waals surface area contributed by atoms with Crippen LogP contribution in [0.25, 0.3) is 0 Å². The van der Waals surface area contributed by atoms with Crippen molar-refractivity contribution in [3.63, 3.8) is 0 Å². The van der Waals surface area contributed by atoms with Gasteiger partial charge in [-0.3, -0.25) is 4.79 Å². The Morgan fingerprint density at radius 3 is 2.74 bits per heavy atom. The van der Waals surface area contributed by atoms with Crippen LogP contribution in [0.5, 0.6) is 11.5 Å². The zero-order chi connectivity index (χ0) is 16.7. The summed E-state index contributed by atoms with van der Waals surface area (Å²) in [4.78, 5) is 12.1. The van der Waals surface area contributed by atoms with Crippen molar-refractivity contribution >= 4 is 28.1 Å². The van der Waals surface area contributed by atoms with E-state index in [9.17, 15) is 4.79 Å². The second kappa shape index (κ2) is 8.33. The lowest BCUT2D eigenvalue weighted by Gasteiger charge is -2.06. The molecular formula is C17H17BrN2O3. The third-order valence-electron chi connectivity index (χ3n) is 3.00. The number of hydrogen-bond donors (Lipinski definition) is 1. The lowest BCUT2D eigenvalue weighted by Crippen LogP contribution is -2.17. The number of amides is 1. The summed E-state index contributed by atoms with van der Waals surface area (Å²) < 4.78 is 11.3. The van der Waals surface area contributed by atoms with E-state index in [2.05, 4.69) is 26.5 Å². The van der Waals surface area contributed by atoms with Gasteiger partial charge in [-0.2, -0.15) is 5.10 Å². The van der Waals surface area contributed by atoms with Crippen LogP contribution in [0.1, 0.15) is 22.8 Å². The van der Waals surface area contributed by atoms with Crippen molar-refractivity contribution in [1.29, 1.82) is 0 Å². The lowest BCUT2D eigenvalue weighted by atomic mass is 10.2. The molecule has 6 heteroatoms. The van der Waals surface area contributed by atoms with Crippen molar-refractivity contribution in [2.24, 2.45) is 5.10 Å². The monoisotopic (exact) mass is 376 g/mol. The van der Waals surface area contributed by atoms with Crippen molar-refractivity contribution in [2.45, 2.75) is 6.92 Å². The zero-order valence-electron chi connectivity index (χ0n) is 12.9. The van der Waals surface area contributed by atoms with Gasteiger partial charge in [0.15, 0.2) is 0 Å². The van der Waals surface area contributed by atoms with Crippen LogP contribution in [0, 0.1) is 0 Å². The topological polar surface area (TPSA) is 59.9 Å². The molecule has 120 valence electrons. The van der Waals surface area contributed by atoms with Gasteiger partial charge < -0.3 is 9.47 Å². The lowest BCUT2D eigenvalue weighted by molar-refractivity contribution is 0.0955. The van der Waals surface area contributed by atoms with Gasteiger partial charge in [0.2, 0.25) is 0 Å². The van der Waals surface area contributed by atoms with Crippen molar-refractivity contribution in [3.8, 4) is 11.5 Å². The molecule has 0 atom stereocenters. The summed E-state index contributed by atoms with van der Waals surface area (Å²) in [6.45, 7) is 2.48. The summed E-state index contributed by atoms with van der Waals surface area (Å²) in [7, 11) is 1.57. The standard InChI is InChI=1S/C17H17BrN2O3/c1-3-23-15-7-5-4-6-13(15)11-19-20-17(21)12-8-9-16(22-2)14(18)10-12/h4-11H,3H2,1-2H3,(H,20,21). The number of hydrogen-bond acceptors (Lipinski definition) is 4. The highest BCUT2D eigenvalue weighted by atomic mass is 79.9. The van der Waals surface area contributed by atoms with E-state index in [1.807, 2.05) is 31.2 Å². The van der Waals surface area contributed by atoms with Gasteiger partial charge in [0, 0.05) is 11.1 Å². The molecule has 0 saturated heterocycles. The molecule has 0 saturated carbocycles. The van der Waals surface area contributed by atoms with Crippen molar-refractivity contribution in [2.75, 3.05) is 13.7 Å². The Bertz CT molecular complexity index is 717. The number of halogens is 1. The van der Waals surface area contributed by atoms with E-state index in [1.54, 1.807) is 31.5 Å². The minimum Gasteiger partial charge on any atom is -0.496 e. The third-order valence-corrected chi connectivity index (χ3v) is 3.62. The molecule has 0 bridgehead atoms. The number of nitrogens with zero attached hydrogens (tertiary/aromatic N) is 1.